The minimum absolute atomic E-state index is 0.301. The zero-order valence-electron chi connectivity index (χ0n) is 21.4. The number of likely N-dealkylation sites (N-methyl/N-ethyl adjacent to an activating group) is 1. The molecule has 3 rings (SSSR count). The van der Waals surface area contributed by atoms with Gasteiger partial charge in [0.25, 0.3) is 6.47 Å². The molecule has 1 atom stereocenters. The van der Waals surface area contributed by atoms with Crippen LogP contribution in [-0.2, 0) is 20.8 Å². The first-order valence-electron chi connectivity index (χ1n) is 11.9. The summed E-state index contributed by atoms with van der Waals surface area (Å²) >= 11 is 1.79. The van der Waals surface area contributed by atoms with Gasteiger partial charge in [-0.1, -0.05) is 26.0 Å². The molecule has 7 nitrogen and oxygen atoms in total. The van der Waals surface area contributed by atoms with Gasteiger partial charge in [0.1, 0.15) is 5.75 Å². The maximum atomic E-state index is 11.7. The predicted molar refractivity (Wildman–Crippen MR) is 140 cm³/mol. The molecule has 8 heteroatoms. The van der Waals surface area contributed by atoms with E-state index in [1.807, 2.05) is 50.2 Å². The number of nitrogens with zero attached hydrogens (tertiary/aromatic N) is 2. The first-order chi connectivity index (χ1) is 16.9. The summed E-state index contributed by atoms with van der Waals surface area (Å²) in [6.45, 7) is 8.02. The van der Waals surface area contributed by atoms with Crippen LogP contribution in [0.25, 0.3) is 0 Å². The van der Waals surface area contributed by atoms with E-state index >= 15 is 0 Å². The summed E-state index contributed by atoms with van der Waals surface area (Å²) in [6, 6.07) is 16.4. The summed E-state index contributed by atoms with van der Waals surface area (Å²) < 4.78 is 16.9. The van der Waals surface area contributed by atoms with Crippen molar-refractivity contribution < 1.29 is 23.8 Å². The molecule has 0 aliphatic carbocycles. The lowest BCUT2D eigenvalue weighted by molar-refractivity contribution is -0.129. The van der Waals surface area contributed by atoms with Gasteiger partial charge in [0.2, 0.25) is 0 Å². The largest absolute Gasteiger partial charge is 0.497 e. The lowest BCUT2D eigenvalue weighted by atomic mass is 10.1. The van der Waals surface area contributed by atoms with Crippen molar-refractivity contribution in [3.05, 3.63) is 59.7 Å². The Morgan fingerprint density at radius 1 is 1.14 bits per heavy atom. The number of hydrogen-bond acceptors (Lipinski definition) is 8. The van der Waals surface area contributed by atoms with Crippen LogP contribution in [0.2, 0.25) is 0 Å². The zero-order valence-corrected chi connectivity index (χ0v) is 22.3. The van der Waals surface area contributed by atoms with Gasteiger partial charge in [-0.25, -0.2) is 9.10 Å². The molecule has 0 aromatic heterocycles. The number of carbonyl (C=O) groups excluding carboxylic acids is 2. The van der Waals surface area contributed by atoms with Crippen molar-refractivity contribution in [1.82, 2.24) is 9.21 Å². The van der Waals surface area contributed by atoms with Gasteiger partial charge in [0, 0.05) is 24.0 Å². The van der Waals surface area contributed by atoms with Crippen LogP contribution >= 0.6 is 11.9 Å². The number of rotatable bonds is 10. The van der Waals surface area contributed by atoms with Crippen molar-refractivity contribution in [2.75, 3.05) is 41.0 Å². The number of piperidine rings is 1. The Bertz CT molecular complexity index is 889. The van der Waals surface area contributed by atoms with Crippen molar-refractivity contribution in [2.45, 2.75) is 44.2 Å². The van der Waals surface area contributed by atoms with Gasteiger partial charge >= 0.3 is 5.97 Å². The fourth-order valence-corrected chi connectivity index (χ4v) is 4.72. The summed E-state index contributed by atoms with van der Waals surface area (Å²) in [6.07, 6.45) is 2.40. The Morgan fingerprint density at radius 3 is 2.34 bits per heavy atom. The Balaban J connectivity index is 0.000000540. The average Bonchev–Trinajstić information content (AvgIpc) is 2.88. The molecule has 192 valence electrons. The van der Waals surface area contributed by atoms with Crippen LogP contribution in [0.15, 0.2) is 53.4 Å². The minimum Gasteiger partial charge on any atom is -0.497 e. The standard InChI is InChI=1S/C22H28N2O3S.C5H10O2/c1-23-14-4-5-19(16-23)24(28-21-12-10-20(26-2)11-13-21)15-17-6-8-18(9-7-17)22(25)27-3;1-5(2)3-7-4-6/h6-13,19H,4-5,14-16H2,1-3H3;4-5H,3H2,1-2H3. The summed E-state index contributed by atoms with van der Waals surface area (Å²) in [4.78, 5) is 24.8. The normalized spacial score (nSPS) is 15.8. The lowest BCUT2D eigenvalue weighted by Gasteiger charge is -2.37. The maximum absolute atomic E-state index is 11.7. The van der Waals surface area contributed by atoms with E-state index in [2.05, 4.69) is 33.1 Å². The number of likely N-dealkylation sites (tertiary alicyclic amines) is 1. The SMILES string of the molecule is CC(C)COC=O.COC(=O)c1ccc(CN(Sc2ccc(OC)cc2)C2CCCN(C)C2)cc1. The summed E-state index contributed by atoms with van der Waals surface area (Å²) in [7, 11) is 5.28. The molecule has 1 aliphatic rings. The van der Waals surface area contributed by atoms with Crippen LogP contribution in [0.3, 0.4) is 0 Å². The second-order valence-electron chi connectivity index (χ2n) is 8.91. The van der Waals surface area contributed by atoms with Crippen molar-refractivity contribution >= 4 is 24.4 Å². The molecule has 35 heavy (non-hydrogen) atoms. The van der Waals surface area contributed by atoms with Gasteiger partial charge in [-0.15, -0.1) is 0 Å². The van der Waals surface area contributed by atoms with E-state index in [0.717, 1.165) is 25.4 Å². The van der Waals surface area contributed by atoms with Crippen molar-refractivity contribution in [3.63, 3.8) is 0 Å². The highest BCUT2D eigenvalue weighted by molar-refractivity contribution is 7.97. The Morgan fingerprint density at radius 2 is 1.83 bits per heavy atom. The van der Waals surface area contributed by atoms with Gasteiger partial charge in [-0.05, 0) is 86.3 Å². The first-order valence-corrected chi connectivity index (χ1v) is 12.6. The maximum Gasteiger partial charge on any atom is 0.337 e. The van der Waals surface area contributed by atoms with Crippen LogP contribution in [-0.4, -0.2) is 68.7 Å². The smallest absolute Gasteiger partial charge is 0.337 e. The molecule has 0 saturated carbocycles. The molecule has 1 fully saturated rings. The molecule has 0 spiro atoms. The Hall–Kier alpha value is -2.55. The molecule has 1 saturated heterocycles. The summed E-state index contributed by atoms with van der Waals surface area (Å²) in [5.74, 6) is 1.02. The third-order valence-corrected chi connectivity index (χ3v) is 6.64. The first kappa shape index (κ1) is 28.7. The molecule has 1 heterocycles. The molecule has 2 aromatic rings. The van der Waals surface area contributed by atoms with Crippen LogP contribution in [0.5, 0.6) is 5.75 Å². The second kappa shape index (κ2) is 15.4. The number of benzene rings is 2. The quantitative estimate of drug-likeness (QED) is 0.258. The number of carbonyl (C=O) groups is 2. The number of esters is 1. The highest BCUT2D eigenvalue weighted by Crippen LogP contribution is 2.31. The highest BCUT2D eigenvalue weighted by Gasteiger charge is 2.25. The fraction of sp³-hybridized carbons (Fsp3) is 0.481. The van der Waals surface area contributed by atoms with Gasteiger partial charge in [-0.2, -0.15) is 0 Å². The molecule has 2 aromatic carbocycles. The van der Waals surface area contributed by atoms with E-state index in [9.17, 15) is 9.59 Å². The molecule has 1 aliphatic heterocycles. The Labute approximate surface area is 213 Å². The van der Waals surface area contributed by atoms with Gasteiger partial charge in [0.05, 0.1) is 26.4 Å². The molecule has 0 radical (unpaired) electrons. The third kappa shape index (κ3) is 10.3. The van der Waals surface area contributed by atoms with E-state index in [1.54, 1.807) is 19.1 Å². The lowest BCUT2D eigenvalue weighted by Crippen LogP contribution is -2.43. The van der Waals surface area contributed by atoms with E-state index in [4.69, 9.17) is 9.47 Å². The van der Waals surface area contributed by atoms with Gasteiger partial charge in [0.15, 0.2) is 0 Å². The average molecular weight is 503 g/mol. The monoisotopic (exact) mass is 502 g/mol. The molecule has 0 N–H and O–H groups in total. The van der Waals surface area contributed by atoms with E-state index < -0.39 is 0 Å². The minimum atomic E-state index is -0.301. The molecule has 0 amide bonds. The molecular weight excluding hydrogens is 464 g/mol. The third-order valence-electron chi connectivity index (χ3n) is 5.50. The topological polar surface area (TPSA) is 68.3 Å². The molecular formula is C27H38N2O5S. The van der Waals surface area contributed by atoms with Gasteiger partial charge in [-0.3, -0.25) is 4.79 Å². The highest BCUT2D eigenvalue weighted by atomic mass is 32.2. The molecule has 0 bridgehead atoms. The number of hydrogen-bond donors (Lipinski definition) is 0. The van der Waals surface area contributed by atoms with Crippen LogP contribution < -0.4 is 4.74 Å². The number of methoxy groups -OCH3 is 2. The second-order valence-corrected chi connectivity index (χ2v) is 10.0. The van der Waals surface area contributed by atoms with E-state index in [1.165, 1.54) is 30.4 Å². The molecule has 1 unspecified atom stereocenters. The predicted octanol–water partition coefficient (Wildman–Crippen LogP) is 4.90. The van der Waals surface area contributed by atoms with E-state index in [0.29, 0.717) is 30.6 Å². The van der Waals surface area contributed by atoms with Crippen LogP contribution in [0, 0.1) is 5.92 Å². The summed E-state index contributed by atoms with van der Waals surface area (Å²) in [5.41, 5.74) is 1.76. The number of ether oxygens (including phenoxy) is 3. The summed E-state index contributed by atoms with van der Waals surface area (Å²) in [5, 5.41) is 0. The van der Waals surface area contributed by atoms with Gasteiger partial charge < -0.3 is 19.1 Å². The zero-order chi connectivity index (χ0) is 25.6. The van der Waals surface area contributed by atoms with Crippen molar-refractivity contribution in [1.29, 1.82) is 0 Å². The van der Waals surface area contributed by atoms with Crippen molar-refractivity contribution in [2.24, 2.45) is 5.92 Å². The fourth-order valence-electron chi connectivity index (χ4n) is 3.66. The van der Waals surface area contributed by atoms with E-state index in [-0.39, 0.29) is 5.97 Å². The van der Waals surface area contributed by atoms with Crippen LogP contribution in [0.4, 0.5) is 0 Å². The van der Waals surface area contributed by atoms with Crippen molar-refractivity contribution in [3.8, 4) is 5.75 Å². The Kier molecular flexibility index (Phi) is 12.7. The van der Waals surface area contributed by atoms with Crippen LogP contribution in [0.1, 0.15) is 42.6 Å².